The zero-order valence-corrected chi connectivity index (χ0v) is 7.95. The highest BCUT2D eigenvalue weighted by molar-refractivity contribution is 7.24. The van der Waals surface area contributed by atoms with Gasteiger partial charge in [0.05, 0.1) is 5.00 Å². The molecule has 14 heavy (non-hydrogen) atoms. The number of aromatic hydroxyl groups is 1. The molecule has 0 saturated heterocycles. The van der Waals surface area contributed by atoms with Crippen molar-refractivity contribution < 1.29 is 15.2 Å². The number of anilines is 1. The number of thiophene rings is 1. The van der Waals surface area contributed by atoms with Gasteiger partial charge in [0.25, 0.3) is 0 Å². The largest absolute Gasteiger partial charge is 0.507 e. The predicted molar refractivity (Wildman–Crippen MR) is 57.7 cm³/mol. The molecule has 72 valence electrons. The molecule has 2 rings (SSSR count). The van der Waals surface area contributed by atoms with Crippen molar-refractivity contribution >= 4 is 39.0 Å². The molecular weight excluding hydrogens is 201 g/mol. The Morgan fingerprint density at radius 1 is 1.29 bits per heavy atom. The fourth-order valence-corrected chi connectivity index (χ4v) is 2.33. The van der Waals surface area contributed by atoms with Crippen LogP contribution in [0.25, 0.3) is 10.1 Å². The van der Waals surface area contributed by atoms with Gasteiger partial charge < -0.3 is 20.9 Å². The lowest BCUT2D eigenvalue weighted by atomic mass is 9.80. The second kappa shape index (κ2) is 3.16. The summed E-state index contributed by atoms with van der Waals surface area (Å²) in [6, 6.07) is 4.50. The zero-order valence-electron chi connectivity index (χ0n) is 7.14. The van der Waals surface area contributed by atoms with Crippen LogP contribution in [-0.2, 0) is 0 Å². The van der Waals surface area contributed by atoms with E-state index in [1.54, 1.807) is 6.07 Å². The Bertz CT molecular complexity index is 483. The zero-order chi connectivity index (χ0) is 10.3. The summed E-state index contributed by atoms with van der Waals surface area (Å²) in [7, 11) is -1.55. The van der Waals surface area contributed by atoms with Gasteiger partial charge in [-0.2, -0.15) is 0 Å². The van der Waals surface area contributed by atoms with E-state index in [4.69, 9.17) is 15.8 Å². The van der Waals surface area contributed by atoms with Gasteiger partial charge >= 0.3 is 7.12 Å². The molecule has 0 aliphatic rings. The number of phenolic OH excluding ortho intramolecular Hbond substituents is 1. The number of hydrogen-bond donors (Lipinski definition) is 4. The van der Waals surface area contributed by atoms with E-state index >= 15 is 0 Å². The van der Waals surface area contributed by atoms with E-state index in [2.05, 4.69) is 0 Å². The van der Waals surface area contributed by atoms with Crippen molar-refractivity contribution in [2.24, 2.45) is 0 Å². The van der Waals surface area contributed by atoms with Crippen molar-refractivity contribution in [3.05, 3.63) is 18.2 Å². The van der Waals surface area contributed by atoms with E-state index in [0.717, 1.165) is 0 Å². The van der Waals surface area contributed by atoms with Crippen molar-refractivity contribution in [2.45, 2.75) is 0 Å². The molecule has 0 saturated carbocycles. The van der Waals surface area contributed by atoms with Crippen molar-refractivity contribution in [1.82, 2.24) is 0 Å². The van der Waals surface area contributed by atoms with E-state index in [-0.39, 0.29) is 5.75 Å². The number of benzene rings is 1. The van der Waals surface area contributed by atoms with Crippen LogP contribution in [0, 0.1) is 0 Å². The van der Waals surface area contributed by atoms with Gasteiger partial charge in [0.1, 0.15) is 5.75 Å². The lowest BCUT2D eigenvalue weighted by Gasteiger charge is -2.01. The molecule has 0 aliphatic carbocycles. The van der Waals surface area contributed by atoms with Gasteiger partial charge in [0.2, 0.25) is 0 Å². The van der Waals surface area contributed by atoms with E-state index in [1.807, 2.05) is 0 Å². The van der Waals surface area contributed by atoms with Crippen molar-refractivity contribution in [3.63, 3.8) is 0 Å². The molecule has 0 bridgehead atoms. The smallest absolute Gasteiger partial charge is 0.489 e. The van der Waals surface area contributed by atoms with Crippen molar-refractivity contribution in [3.8, 4) is 5.75 Å². The SMILES string of the molecule is Nc1cc2c(O)ccc(B(O)O)c2s1. The maximum Gasteiger partial charge on any atom is 0.489 e. The summed E-state index contributed by atoms with van der Waals surface area (Å²) in [6.07, 6.45) is 0. The molecule has 0 radical (unpaired) electrons. The highest BCUT2D eigenvalue weighted by atomic mass is 32.1. The van der Waals surface area contributed by atoms with Gasteiger partial charge in [-0.25, -0.2) is 0 Å². The summed E-state index contributed by atoms with van der Waals surface area (Å²) in [5.74, 6) is 0.0948. The Balaban J connectivity index is 2.81. The number of hydrogen-bond acceptors (Lipinski definition) is 5. The van der Waals surface area contributed by atoms with Gasteiger partial charge in [0.15, 0.2) is 0 Å². The monoisotopic (exact) mass is 209 g/mol. The number of nitrogen functional groups attached to an aromatic ring is 1. The van der Waals surface area contributed by atoms with Gasteiger partial charge in [-0.15, -0.1) is 11.3 Å². The first-order valence-electron chi connectivity index (χ1n) is 3.96. The molecule has 1 aromatic carbocycles. The van der Waals surface area contributed by atoms with Gasteiger partial charge in [-0.05, 0) is 12.1 Å². The Kier molecular flexibility index (Phi) is 2.11. The van der Waals surface area contributed by atoms with Crippen molar-refractivity contribution in [2.75, 3.05) is 5.73 Å². The minimum absolute atomic E-state index is 0.0948. The summed E-state index contributed by atoms with van der Waals surface area (Å²) >= 11 is 1.22. The summed E-state index contributed by atoms with van der Waals surface area (Å²) in [6.45, 7) is 0. The van der Waals surface area contributed by atoms with Crippen LogP contribution in [0.2, 0.25) is 0 Å². The second-order valence-corrected chi connectivity index (χ2v) is 4.02. The second-order valence-electron chi connectivity index (χ2n) is 2.94. The van der Waals surface area contributed by atoms with Gasteiger partial charge in [-0.1, -0.05) is 6.07 Å². The number of nitrogens with two attached hydrogens (primary N) is 1. The molecule has 0 spiro atoms. The lowest BCUT2D eigenvalue weighted by molar-refractivity contribution is 0.426. The third kappa shape index (κ3) is 1.33. The first-order valence-corrected chi connectivity index (χ1v) is 4.78. The molecule has 2 aromatic rings. The van der Waals surface area contributed by atoms with E-state index < -0.39 is 7.12 Å². The van der Waals surface area contributed by atoms with E-state index in [1.165, 1.54) is 23.5 Å². The molecule has 5 N–H and O–H groups in total. The Morgan fingerprint density at radius 2 is 2.00 bits per heavy atom. The Labute approximate surface area is 84.4 Å². The van der Waals surface area contributed by atoms with Crippen LogP contribution in [0.1, 0.15) is 0 Å². The van der Waals surface area contributed by atoms with E-state index in [0.29, 0.717) is 20.6 Å². The molecule has 0 fully saturated rings. The summed E-state index contributed by atoms with van der Waals surface area (Å²) in [4.78, 5) is 0. The summed E-state index contributed by atoms with van der Waals surface area (Å²) < 4.78 is 0.609. The number of phenols is 1. The maximum absolute atomic E-state index is 9.48. The Hall–Kier alpha value is -1.24. The topological polar surface area (TPSA) is 86.7 Å². The quantitative estimate of drug-likeness (QED) is 0.492. The molecule has 0 aliphatic heterocycles. The van der Waals surface area contributed by atoms with Crippen LogP contribution < -0.4 is 11.2 Å². The third-order valence-corrected chi connectivity index (χ3v) is 3.00. The van der Waals surface area contributed by atoms with Crippen molar-refractivity contribution in [1.29, 1.82) is 0 Å². The molecule has 0 atom stereocenters. The van der Waals surface area contributed by atoms with Crippen LogP contribution in [0.15, 0.2) is 18.2 Å². The first kappa shape index (κ1) is 9.33. The minimum atomic E-state index is -1.55. The molecular formula is C8H8BNO3S. The Morgan fingerprint density at radius 3 is 2.64 bits per heavy atom. The molecule has 4 nitrogen and oxygen atoms in total. The fraction of sp³-hybridized carbons (Fsp3) is 0. The van der Waals surface area contributed by atoms with E-state index in [9.17, 15) is 5.11 Å². The van der Waals surface area contributed by atoms with Crippen LogP contribution in [-0.4, -0.2) is 22.3 Å². The van der Waals surface area contributed by atoms with Crippen LogP contribution >= 0.6 is 11.3 Å². The van der Waals surface area contributed by atoms with Crippen LogP contribution in [0.4, 0.5) is 5.00 Å². The predicted octanol–water partition coefficient (Wildman–Crippen LogP) is -0.131. The molecule has 6 heteroatoms. The average molecular weight is 209 g/mol. The molecule has 1 aromatic heterocycles. The third-order valence-electron chi connectivity index (χ3n) is 1.99. The van der Waals surface area contributed by atoms with Gasteiger partial charge in [0, 0.05) is 15.5 Å². The first-order chi connectivity index (χ1) is 6.59. The summed E-state index contributed by atoms with van der Waals surface area (Å²) in [5, 5.41) is 28.7. The minimum Gasteiger partial charge on any atom is -0.507 e. The highest BCUT2D eigenvalue weighted by Gasteiger charge is 2.17. The normalized spacial score (nSPS) is 10.7. The van der Waals surface area contributed by atoms with Crippen LogP contribution in [0.5, 0.6) is 5.75 Å². The standard InChI is InChI=1S/C8H8BNO3S/c10-7-3-4-6(11)2-1-5(9(12)13)8(4)14-7/h1-3,11-13H,10H2. The van der Waals surface area contributed by atoms with Gasteiger partial charge in [-0.3, -0.25) is 0 Å². The number of rotatable bonds is 1. The molecule has 1 heterocycles. The lowest BCUT2D eigenvalue weighted by Crippen LogP contribution is -2.29. The number of fused-ring (bicyclic) bond motifs is 1. The van der Waals surface area contributed by atoms with Crippen LogP contribution in [0.3, 0.4) is 0 Å². The summed E-state index contributed by atoms with van der Waals surface area (Å²) in [5.41, 5.74) is 5.93. The average Bonchev–Trinajstić information content (AvgIpc) is 2.47. The maximum atomic E-state index is 9.48. The fourth-order valence-electron chi connectivity index (χ4n) is 1.35. The molecule has 0 unspecified atom stereocenters. The highest BCUT2D eigenvalue weighted by Crippen LogP contribution is 2.32. The molecule has 0 amide bonds.